The summed E-state index contributed by atoms with van der Waals surface area (Å²) >= 11 is 0. The van der Waals surface area contributed by atoms with E-state index in [0.717, 1.165) is 56.7 Å². The first-order chi connectivity index (χ1) is 15.0. The maximum atomic E-state index is 11.9. The van der Waals surface area contributed by atoms with Gasteiger partial charge < -0.3 is 20.9 Å². The summed E-state index contributed by atoms with van der Waals surface area (Å²) < 4.78 is 0. The van der Waals surface area contributed by atoms with Gasteiger partial charge in [-0.3, -0.25) is 4.79 Å². The number of piperidine rings is 1. The standard InChI is InChI=1S/C25H33N5O/c1-19(10-13-26)29-14-11-24(12-15-29)30(18-21-5-3-4-20(16-21)17-27)23-8-6-22(7-9-23)25(31)28-2/h3-9,16,19,24H,10-15,18,26H2,1-2H3,(H,28,31). The van der Waals surface area contributed by atoms with E-state index < -0.39 is 0 Å². The predicted molar refractivity (Wildman–Crippen MR) is 125 cm³/mol. The van der Waals surface area contributed by atoms with E-state index >= 15 is 0 Å². The minimum atomic E-state index is -0.0815. The van der Waals surface area contributed by atoms with Gasteiger partial charge in [-0.05, 0) is 74.7 Å². The van der Waals surface area contributed by atoms with Crippen molar-refractivity contribution in [1.82, 2.24) is 10.2 Å². The second-order valence-electron chi connectivity index (χ2n) is 8.26. The Bertz CT molecular complexity index is 897. The average molecular weight is 420 g/mol. The topological polar surface area (TPSA) is 85.4 Å². The number of carbonyl (C=O) groups is 1. The summed E-state index contributed by atoms with van der Waals surface area (Å²) in [6.45, 7) is 5.82. The maximum Gasteiger partial charge on any atom is 0.251 e. The van der Waals surface area contributed by atoms with Crippen LogP contribution in [0.5, 0.6) is 0 Å². The number of likely N-dealkylation sites (tertiary alicyclic amines) is 1. The molecule has 31 heavy (non-hydrogen) atoms. The third-order valence-electron chi connectivity index (χ3n) is 6.24. The number of rotatable bonds is 8. The number of nitrogens with one attached hydrogen (secondary N) is 1. The van der Waals surface area contributed by atoms with Crippen molar-refractivity contribution < 1.29 is 4.79 Å². The van der Waals surface area contributed by atoms with Crippen LogP contribution in [0.2, 0.25) is 0 Å². The molecule has 164 valence electrons. The zero-order chi connectivity index (χ0) is 22.2. The fourth-order valence-corrected chi connectivity index (χ4v) is 4.38. The first-order valence-electron chi connectivity index (χ1n) is 11.1. The zero-order valence-corrected chi connectivity index (χ0v) is 18.6. The van der Waals surface area contributed by atoms with Crippen LogP contribution in [0.3, 0.4) is 0 Å². The number of carbonyl (C=O) groups excluding carboxylic acids is 1. The van der Waals surface area contributed by atoms with Gasteiger partial charge in [-0.1, -0.05) is 12.1 Å². The van der Waals surface area contributed by atoms with Gasteiger partial charge in [0.1, 0.15) is 0 Å². The molecule has 6 nitrogen and oxygen atoms in total. The molecular weight excluding hydrogens is 386 g/mol. The Balaban J connectivity index is 1.81. The van der Waals surface area contributed by atoms with E-state index in [1.807, 2.05) is 42.5 Å². The highest BCUT2D eigenvalue weighted by molar-refractivity contribution is 5.94. The molecule has 1 amide bonds. The molecule has 0 saturated carbocycles. The van der Waals surface area contributed by atoms with E-state index in [1.165, 1.54) is 0 Å². The molecule has 1 saturated heterocycles. The van der Waals surface area contributed by atoms with Crippen LogP contribution in [-0.2, 0) is 6.54 Å². The number of hydrogen-bond donors (Lipinski definition) is 2. The molecular formula is C25H33N5O. The number of nitrogens with zero attached hydrogens (tertiary/aromatic N) is 3. The van der Waals surface area contributed by atoms with Crippen molar-refractivity contribution in [2.24, 2.45) is 5.73 Å². The van der Waals surface area contributed by atoms with Crippen molar-refractivity contribution in [2.75, 3.05) is 31.6 Å². The Morgan fingerprint density at radius 2 is 1.97 bits per heavy atom. The molecule has 1 heterocycles. The van der Waals surface area contributed by atoms with Gasteiger partial charge in [0.25, 0.3) is 5.91 Å². The Hall–Kier alpha value is -2.88. The van der Waals surface area contributed by atoms with Gasteiger partial charge in [0, 0.05) is 50.0 Å². The quantitative estimate of drug-likeness (QED) is 0.687. The van der Waals surface area contributed by atoms with Crippen LogP contribution in [0, 0.1) is 11.3 Å². The molecule has 3 N–H and O–H groups in total. The highest BCUT2D eigenvalue weighted by Gasteiger charge is 2.27. The molecule has 3 rings (SSSR count). The summed E-state index contributed by atoms with van der Waals surface area (Å²) in [4.78, 5) is 16.9. The van der Waals surface area contributed by atoms with Crippen LogP contribution in [0.1, 0.15) is 47.7 Å². The minimum absolute atomic E-state index is 0.0815. The number of hydrogen-bond acceptors (Lipinski definition) is 5. The SMILES string of the molecule is CNC(=O)c1ccc(N(Cc2cccc(C#N)c2)C2CCN(C(C)CCN)CC2)cc1. The minimum Gasteiger partial charge on any atom is -0.364 e. The number of benzene rings is 2. The van der Waals surface area contributed by atoms with Gasteiger partial charge in [0.15, 0.2) is 0 Å². The van der Waals surface area contributed by atoms with Crippen molar-refractivity contribution in [3.8, 4) is 6.07 Å². The molecule has 0 bridgehead atoms. The molecule has 1 atom stereocenters. The Morgan fingerprint density at radius 1 is 1.26 bits per heavy atom. The lowest BCUT2D eigenvalue weighted by Crippen LogP contribution is -2.47. The second kappa shape index (κ2) is 10.9. The Kier molecular flexibility index (Phi) is 8.05. The normalized spacial score (nSPS) is 15.8. The predicted octanol–water partition coefficient (Wildman–Crippen LogP) is 3.13. The van der Waals surface area contributed by atoms with E-state index in [0.29, 0.717) is 23.2 Å². The lowest BCUT2D eigenvalue weighted by molar-refractivity contribution is 0.0963. The van der Waals surface area contributed by atoms with Crippen LogP contribution < -0.4 is 16.0 Å². The van der Waals surface area contributed by atoms with E-state index in [-0.39, 0.29) is 5.91 Å². The summed E-state index contributed by atoms with van der Waals surface area (Å²) in [5, 5.41) is 12.0. The van der Waals surface area contributed by atoms with Crippen molar-refractivity contribution in [2.45, 2.75) is 44.8 Å². The van der Waals surface area contributed by atoms with Crippen molar-refractivity contribution in [3.63, 3.8) is 0 Å². The first kappa shape index (κ1) is 22.8. The first-order valence-corrected chi connectivity index (χ1v) is 11.1. The summed E-state index contributed by atoms with van der Waals surface area (Å²) in [5.74, 6) is -0.0815. The van der Waals surface area contributed by atoms with Gasteiger partial charge in [-0.15, -0.1) is 0 Å². The molecule has 0 radical (unpaired) electrons. The lowest BCUT2D eigenvalue weighted by atomic mass is 9.98. The molecule has 0 aromatic heterocycles. The number of nitriles is 1. The smallest absolute Gasteiger partial charge is 0.251 e. The van der Waals surface area contributed by atoms with E-state index in [2.05, 4.69) is 34.2 Å². The zero-order valence-electron chi connectivity index (χ0n) is 18.6. The highest BCUT2D eigenvalue weighted by Crippen LogP contribution is 2.27. The maximum absolute atomic E-state index is 11.9. The van der Waals surface area contributed by atoms with E-state index in [1.54, 1.807) is 7.05 Å². The van der Waals surface area contributed by atoms with Gasteiger partial charge >= 0.3 is 0 Å². The monoisotopic (exact) mass is 419 g/mol. The molecule has 1 unspecified atom stereocenters. The lowest BCUT2D eigenvalue weighted by Gasteiger charge is -2.42. The fourth-order valence-electron chi connectivity index (χ4n) is 4.38. The second-order valence-corrected chi connectivity index (χ2v) is 8.26. The summed E-state index contributed by atoms with van der Waals surface area (Å²) in [6, 6.07) is 18.8. The fraction of sp³-hybridized carbons (Fsp3) is 0.440. The van der Waals surface area contributed by atoms with Crippen LogP contribution in [0.4, 0.5) is 5.69 Å². The summed E-state index contributed by atoms with van der Waals surface area (Å²) in [7, 11) is 1.64. The largest absolute Gasteiger partial charge is 0.364 e. The molecule has 1 aliphatic rings. The summed E-state index contributed by atoms with van der Waals surface area (Å²) in [6.07, 6.45) is 3.17. The van der Waals surface area contributed by atoms with Crippen molar-refractivity contribution in [3.05, 3.63) is 65.2 Å². The average Bonchev–Trinajstić information content (AvgIpc) is 2.82. The molecule has 1 fully saturated rings. The highest BCUT2D eigenvalue weighted by atomic mass is 16.1. The molecule has 1 aliphatic heterocycles. The van der Waals surface area contributed by atoms with E-state index in [9.17, 15) is 10.1 Å². The van der Waals surface area contributed by atoms with Crippen LogP contribution >= 0.6 is 0 Å². The number of amides is 1. The molecule has 0 spiro atoms. The Morgan fingerprint density at radius 3 is 2.58 bits per heavy atom. The molecule has 2 aromatic rings. The molecule has 6 heteroatoms. The van der Waals surface area contributed by atoms with Gasteiger partial charge in [-0.2, -0.15) is 5.26 Å². The number of anilines is 1. The van der Waals surface area contributed by atoms with E-state index in [4.69, 9.17) is 5.73 Å². The third kappa shape index (κ3) is 5.84. The van der Waals surface area contributed by atoms with Gasteiger partial charge in [0.05, 0.1) is 11.6 Å². The van der Waals surface area contributed by atoms with Crippen molar-refractivity contribution >= 4 is 11.6 Å². The summed E-state index contributed by atoms with van der Waals surface area (Å²) in [5.41, 5.74) is 9.31. The third-order valence-corrected chi connectivity index (χ3v) is 6.24. The Labute approximate surface area is 185 Å². The van der Waals surface area contributed by atoms with Crippen LogP contribution in [-0.4, -0.2) is 49.6 Å². The van der Waals surface area contributed by atoms with Gasteiger partial charge in [-0.25, -0.2) is 0 Å². The van der Waals surface area contributed by atoms with Gasteiger partial charge in [0.2, 0.25) is 0 Å². The van der Waals surface area contributed by atoms with Crippen molar-refractivity contribution in [1.29, 1.82) is 5.26 Å². The van der Waals surface area contributed by atoms with Crippen LogP contribution in [0.25, 0.3) is 0 Å². The van der Waals surface area contributed by atoms with Crippen LogP contribution in [0.15, 0.2) is 48.5 Å². The molecule has 2 aromatic carbocycles. The molecule has 0 aliphatic carbocycles. The number of nitrogens with two attached hydrogens (primary N) is 1.